The Morgan fingerprint density at radius 1 is 0.895 bits per heavy atom. The molecule has 3 N–H and O–H groups in total. The zero-order valence-electron chi connectivity index (χ0n) is 10.3. The van der Waals surface area contributed by atoms with Gasteiger partial charge in [0.1, 0.15) is 11.3 Å². The smallest absolute Gasteiger partial charge is 0.141 e. The highest BCUT2D eigenvalue weighted by molar-refractivity contribution is 5.84. The van der Waals surface area contributed by atoms with Crippen LogP contribution in [0.2, 0.25) is 0 Å². The number of nitrogens with zero attached hydrogens (tertiary/aromatic N) is 1. The first-order valence-corrected chi connectivity index (χ1v) is 6.15. The SMILES string of the molecule is NC(c1ccccc1)c1ccc2cccc(O)c2n1. The molecule has 2 aromatic carbocycles. The Hall–Kier alpha value is -2.39. The van der Waals surface area contributed by atoms with Crippen molar-refractivity contribution in [3.8, 4) is 5.75 Å². The van der Waals surface area contributed by atoms with Gasteiger partial charge in [-0.1, -0.05) is 48.5 Å². The first-order chi connectivity index (χ1) is 9.25. The molecule has 1 heterocycles. The Balaban J connectivity index is 2.09. The summed E-state index contributed by atoms with van der Waals surface area (Å²) in [4.78, 5) is 4.48. The normalized spacial score (nSPS) is 12.5. The number of benzene rings is 2. The molecule has 0 radical (unpaired) electrons. The van der Waals surface area contributed by atoms with E-state index in [9.17, 15) is 5.11 Å². The lowest BCUT2D eigenvalue weighted by molar-refractivity contribution is 0.480. The summed E-state index contributed by atoms with van der Waals surface area (Å²) in [5, 5.41) is 10.8. The monoisotopic (exact) mass is 250 g/mol. The van der Waals surface area contributed by atoms with Crippen LogP contribution in [0, 0.1) is 0 Å². The molecule has 0 saturated heterocycles. The highest BCUT2D eigenvalue weighted by Gasteiger charge is 2.11. The molecule has 19 heavy (non-hydrogen) atoms. The van der Waals surface area contributed by atoms with Crippen molar-refractivity contribution in [1.82, 2.24) is 4.98 Å². The maximum atomic E-state index is 9.84. The van der Waals surface area contributed by atoms with E-state index in [1.54, 1.807) is 12.1 Å². The molecule has 0 spiro atoms. The molecule has 3 aromatic rings. The molecule has 1 unspecified atom stereocenters. The number of para-hydroxylation sites is 1. The Morgan fingerprint density at radius 2 is 1.68 bits per heavy atom. The molecular weight excluding hydrogens is 236 g/mol. The third-order valence-corrected chi connectivity index (χ3v) is 3.20. The molecule has 1 atom stereocenters. The zero-order valence-corrected chi connectivity index (χ0v) is 10.3. The highest BCUT2D eigenvalue weighted by atomic mass is 16.3. The second-order valence-electron chi connectivity index (χ2n) is 4.47. The Kier molecular flexibility index (Phi) is 2.89. The summed E-state index contributed by atoms with van der Waals surface area (Å²) in [7, 11) is 0. The first kappa shape index (κ1) is 11.7. The number of hydrogen-bond donors (Lipinski definition) is 2. The molecule has 0 amide bonds. The average molecular weight is 250 g/mol. The number of aromatic nitrogens is 1. The van der Waals surface area contributed by atoms with Gasteiger partial charge in [0.2, 0.25) is 0 Å². The van der Waals surface area contributed by atoms with Gasteiger partial charge >= 0.3 is 0 Å². The summed E-state index contributed by atoms with van der Waals surface area (Å²) >= 11 is 0. The predicted octanol–water partition coefficient (Wildman–Crippen LogP) is 2.99. The van der Waals surface area contributed by atoms with Crippen LogP contribution in [0.25, 0.3) is 10.9 Å². The number of pyridine rings is 1. The summed E-state index contributed by atoms with van der Waals surface area (Å²) in [6.45, 7) is 0. The molecule has 0 bridgehead atoms. The van der Waals surface area contributed by atoms with Crippen LogP contribution in [-0.2, 0) is 0 Å². The fourth-order valence-corrected chi connectivity index (χ4v) is 2.15. The topological polar surface area (TPSA) is 59.1 Å². The maximum absolute atomic E-state index is 9.84. The van der Waals surface area contributed by atoms with Gasteiger partial charge in [-0.3, -0.25) is 0 Å². The van der Waals surface area contributed by atoms with Crippen molar-refractivity contribution in [3.05, 3.63) is 71.9 Å². The van der Waals surface area contributed by atoms with Crippen LogP contribution in [0.5, 0.6) is 5.75 Å². The lowest BCUT2D eigenvalue weighted by Gasteiger charge is -2.12. The largest absolute Gasteiger partial charge is 0.506 e. The van der Waals surface area contributed by atoms with Crippen LogP contribution in [0.4, 0.5) is 0 Å². The molecule has 0 aliphatic heterocycles. The Labute approximate surface area is 111 Å². The number of rotatable bonds is 2. The second kappa shape index (κ2) is 4.71. The molecule has 0 aliphatic rings. The Bertz CT molecular complexity index is 710. The van der Waals surface area contributed by atoms with Crippen LogP contribution in [0.3, 0.4) is 0 Å². The van der Waals surface area contributed by atoms with Crippen molar-refractivity contribution in [3.63, 3.8) is 0 Å². The molecule has 1 aromatic heterocycles. The third kappa shape index (κ3) is 2.16. The van der Waals surface area contributed by atoms with Gasteiger partial charge in [-0.15, -0.1) is 0 Å². The highest BCUT2D eigenvalue weighted by Crippen LogP contribution is 2.25. The molecule has 94 valence electrons. The van der Waals surface area contributed by atoms with Gasteiger partial charge in [-0.05, 0) is 17.7 Å². The van der Waals surface area contributed by atoms with Crippen LogP contribution in [-0.4, -0.2) is 10.1 Å². The molecule has 0 saturated carbocycles. The van der Waals surface area contributed by atoms with E-state index >= 15 is 0 Å². The van der Waals surface area contributed by atoms with Gasteiger partial charge in [0.25, 0.3) is 0 Å². The van der Waals surface area contributed by atoms with Gasteiger partial charge in [-0.2, -0.15) is 0 Å². The zero-order chi connectivity index (χ0) is 13.2. The molecule has 3 heteroatoms. The third-order valence-electron chi connectivity index (χ3n) is 3.20. The number of nitrogens with two attached hydrogens (primary N) is 1. The lowest BCUT2D eigenvalue weighted by atomic mass is 10.0. The van der Waals surface area contributed by atoms with Gasteiger partial charge in [-0.25, -0.2) is 4.98 Å². The summed E-state index contributed by atoms with van der Waals surface area (Å²) in [6.07, 6.45) is 0. The minimum atomic E-state index is -0.287. The van der Waals surface area contributed by atoms with Gasteiger partial charge in [0.15, 0.2) is 0 Å². The van der Waals surface area contributed by atoms with E-state index in [0.717, 1.165) is 16.6 Å². The fourth-order valence-electron chi connectivity index (χ4n) is 2.15. The number of phenolic OH excluding ortho intramolecular Hbond substituents is 1. The van der Waals surface area contributed by atoms with E-state index < -0.39 is 0 Å². The number of phenols is 1. The van der Waals surface area contributed by atoms with Crippen molar-refractivity contribution in [1.29, 1.82) is 0 Å². The van der Waals surface area contributed by atoms with Crippen LogP contribution < -0.4 is 5.73 Å². The minimum absolute atomic E-state index is 0.180. The van der Waals surface area contributed by atoms with Crippen molar-refractivity contribution in [2.45, 2.75) is 6.04 Å². The summed E-state index contributed by atoms with van der Waals surface area (Å²) in [5.41, 5.74) is 8.56. The van der Waals surface area contributed by atoms with Gasteiger partial charge < -0.3 is 10.8 Å². The number of aromatic hydroxyl groups is 1. The van der Waals surface area contributed by atoms with Crippen molar-refractivity contribution in [2.24, 2.45) is 5.73 Å². The summed E-state index contributed by atoms with van der Waals surface area (Å²) in [5.74, 6) is 0.180. The predicted molar refractivity (Wildman–Crippen MR) is 75.9 cm³/mol. The van der Waals surface area contributed by atoms with Crippen molar-refractivity contribution in [2.75, 3.05) is 0 Å². The minimum Gasteiger partial charge on any atom is -0.506 e. The molecular formula is C16H14N2O. The van der Waals surface area contributed by atoms with Gasteiger partial charge in [0, 0.05) is 5.39 Å². The van der Waals surface area contributed by atoms with E-state index in [-0.39, 0.29) is 11.8 Å². The van der Waals surface area contributed by atoms with E-state index in [0.29, 0.717) is 5.52 Å². The Morgan fingerprint density at radius 3 is 2.47 bits per heavy atom. The van der Waals surface area contributed by atoms with Crippen molar-refractivity contribution < 1.29 is 5.11 Å². The van der Waals surface area contributed by atoms with E-state index in [1.807, 2.05) is 48.5 Å². The van der Waals surface area contributed by atoms with Crippen LogP contribution >= 0.6 is 0 Å². The molecule has 3 rings (SSSR count). The van der Waals surface area contributed by atoms with Gasteiger partial charge in [0.05, 0.1) is 11.7 Å². The quantitative estimate of drug-likeness (QED) is 0.735. The van der Waals surface area contributed by atoms with E-state index in [4.69, 9.17) is 5.73 Å². The average Bonchev–Trinajstić information content (AvgIpc) is 2.47. The standard InChI is InChI=1S/C16H14N2O/c17-15(11-5-2-1-3-6-11)13-10-9-12-7-4-8-14(19)16(12)18-13/h1-10,15,19H,17H2. The summed E-state index contributed by atoms with van der Waals surface area (Å²) in [6, 6.07) is 18.7. The molecule has 0 fully saturated rings. The summed E-state index contributed by atoms with van der Waals surface area (Å²) < 4.78 is 0. The second-order valence-corrected chi connectivity index (χ2v) is 4.47. The molecule has 3 nitrogen and oxygen atoms in total. The van der Waals surface area contributed by atoms with Crippen LogP contribution in [0.1, 0.15) is 17.3 Å². The maximum Gasteiger partial charge on any atom is 0.141 e. The fraction of sp³-hybridized carbons (Fsp3) is 0.0625. The molecule has 0 aliphatic carbocycles. The lowest BCUT2D eigenvalue weighted by Crippen LogP contribution is -2.13. The first-order valence-electron chi connectivity index (χ1n) is 6.15. The number of hydrogen-bond acceptors (Lipinski definition) is 3. The van der Waals surface area contributed by atoms with E-state index in [1.165, 1.54) is 0 Å². The van der Waals surface area contributed by atoms with Crippen LogP contribution in [0.15, 0.2) is 60.7 Å². The van der Waals surface area contributed by atoms with E-state index in [2.05, 4.69) is 4.98 Å². The van der Waals surface area contributed by atoms with Crippen molar-refractivity contribution >= 4 is 10.9 Å². The number of fused-ring (bicyclic) bond motifs is 1.